The number of amides is 2. The summed E-state index contributed by atoms with van der Waals surface area (Å²) in [5.41, 5.74) is 9.25. The van der Waals surface area contributed by atoms with Gasteiger partial charge in [0.2, 0.25) is 5.79 Å². The Morgan fingerprint density at radius 3 is 2.33 bits per heavy atom. The van der Waals surface area contributed by atoms with Crippen LogP contribution in [0.25, 0.3) is 0 Å². The van der Waals surface area contributed by atoms with Crippen molar-refractivity contribution >= 4 is 29.3 Å². The van der Waals surface area contributed by atoms with E-state index in [0.717, 1.165) is 17.1 Å². The summed E-state index contributed by atoms with van der Waals surface area (Å²) in [5.74, 6) is -10.6. The fourth-order valence-electron chi connectivity index (χ4n) is 11.1. The summed E-state index contributed by atoms with van der Waals surface area (Å²) in [6.07, 6.45) is -6.40. The highest BCUT2D eigenvalue weighted by atomic mass is 16.8. The van der Waals surface area contributed by atoms with Gasteiger partial charge in [0.05, 0.1) is 36.3 Å². The summed E-state index contributed by atoms with van der Waals surface area (Å²) >= 11 is 0. The molecule has 2 amide bonds. The number of rotatable bonds is 12. The lowest BCUT2D eigenvalue weighted by Gasteiger charge is -2.56. The predicted octanol–water partition coefficient (Wildman–Crippen LogP) is -3.31. The number of ether oxygens (including phenoxy) is 3. The number of carbonyl (C=O) groups is 4. The maximum atomic E-state index is 14.8. The number of piperidine rings is 1. The molecule has 6 rings (SSSR count). The lowest BCUT2D eigenvalue weighted by Crippen LogP contribution is -2.75. The summed E-state index contributed by atoms with van der Waals surface area (Å²) in [4.78, 5) is 59.4. The zero-order chi connectivity index (χ0) is 42.4. The van der Waals surface area contributed by atoms with Crippen LogP contribution in [0.3, 0.4) is 0 Å². The van der Waals surface area contributed by atoms with Crippen LogP contribution in [0.5, 0.6) is 0 Å². The van der Waals surface area contributed by atoms with Gasteiger partial charge in [0.1, 0.15) is 36.0 Å². The van der Waals surface area contributed by atoms with Crippen molar-refractivity contribution in [2.45, 2.75) is 107 Å². The van der Waals surface area contributed by atoms with Crippen molar-refractivity contribution in [3.05, 3.63) is 12.2 Å². The molecule has 12 N–H and O–H groups in total. The van der Waals surface area contributed by atoms with E-state index < -0.39 is 126 Å². The number of fused-ring (bicyclic) bond motifs is 2. The maximum Gasteiger partial charge on any atom is 0.253 e. The van der Waals surface area contributed by atoms with Gasteiger partial charge in [-0.1, -0.05) is 20.3 Å². The van der Waals surface area contributed by atoms with Gasteiger partial charge in [-0.25, -0.2) is 0 Å². The number of nitrogens with zero attached hydrogens (tertiary/aromatic N) is 2. The van der Waals surface area contributed by atoms with E-state index in [9.17, 15) is 49.8 Å². The second kappa shape index (κ2) is 17.6. The molecule has 3 aliphatic heterocycles. The number of Topliss-reactive ketones (excluding diaryl/α,β-unsaturated/α-hetero) is 2. The highest BCUT2D eigenvalue weighted by molar-refractivity contribution is 6.12. The number of guanidine groups is 1. The molecule has 19 heteroatoms. The molecule has 3 aliphatic carbocycles. The minimum atomic E-state index is -2.99. The Hall–Kier alpha value is -2.95. The minimum Gasteiger partial charge on any atom is -0.392 e. The van der Waals surface area contributed by atoms with Crippen molar-refractivity contribution in [2.24, 2.45) is 69.7 Å². The molecule has 58 heavy (non-hydrogen) atoms. The van der Waals surface area contributed by atoms with Gasteiger partial charge in [-0.05, 0) is 55.9 Å². The van der Waals surface area contributed by atoms with Gasteiger partial charge in [0.25, 0.3) is 11.8 Å². The number of hydrogen-bond acceptors (Lipinski definition) is 16. The van der Waals surface area contributed by atoms with E-state index in [1.54, 1.807) is 0 Å². The van der Waals surface area contributed by atoms with Crippen molar-refractivity contribution in [1.29, 1.82) is 0 Å². The molecule has 3 saturated carbocycles. The number of methoxy groups -OCH3 is 1. The summed E-state index contributed by atoms with van der Waals surface area (Å²) in [6.45, 7) is 2.96. The van der Waals surface area contributed by atoms with Crippen LogP contribution in [0, 0.1) is 53.3 Å². The lowest BCUT2D eigenvalue weighted by molar-refractivity contribution is -0.437. The first kappa shape index (κ1) is 44.6. The number of nitrogens with two attached hydrogens (primary N) is 2. The smallest absolute Gasteiger partial charge is 0.253 e. The first-order chi connectivity index (χ1) is 27.4. The van der Waals surface area contributed by atoms with Crippen molar-refractivity contribution in [1.82, 2.24) is 15.5 Å². The maximum absolute atomic E-state index is 14.8. The second-order valence-electron chi connectivity index (χ2n) is 17.3. The van der Waals surface area contributed by atoms with Gasteiger partial charge < -0.3 is 67.0 Å². The van der Waals surface area contributed by atoms with Crippen LogP contribution in [0.4, 0.5) is 0 Å². The van der Waals surface area contributed by atoms with E-state index in [2.05, 4.69) is 15.6 Å². The largest absolute Gasteiger partial charge is 0.392 e. The summed E-state index contributed by atoms with van der Waals surface area (Å²) < 4.78 is 18.0. The highest BCUT2D eigenvalue weighted by Crippen LogP contribution is 2.53. The van der Waals surface area contributed by atoms with E-state index in [1.165, 1.54) is 14.2 Å². The Labute approximate surface area is 337 Å². The number of aliphatic imine (C=N–C) groups is 1. The van der Waals surface area contributed by atoms with Gasteiger partial charge in [0, 0.05) is 63.6 Å². The zero-order valence-electron chi connectivity index (χ0n) is 33.6. The van der Waals surface area contributed by atoms with Crippen LogP contribution in [-0.2, 0) is 33.4 Å². The third kappa shape index (κ3) is 7.88. The third-order valence-electron chi connectivity index (χ3n) is 14.3. The van der Waals surface area contributed by atoms with Crippen LogP contribution < -0.4 is 22.1 Å². The normalized spacial score (nSPS) is 45.3. The molecule has 0 bridgehead atoms. The molecule has 0 aromatic carbocycles. The van der Waals surface area contributed by atoms with E-state index in [0.29, 0.717) is 32.2 Å². The molecule has 326 valence electrons. The monoisotopic (exact) mass is 822 g/mol. The Morgan fingerprint density at radius 1 is 1.03 bits per heavy atom. The van der Waals surface area contributed by atoms with Crippen molar-refractivity contribution < 1.29 is 64.0 Å². The average Bonchev–Trinajstić information content (AvgIpc) is 3.52. The second-order valence-corrected chi connectivity index (χ2v) is 17.3. The third-order valence-corrected chi connectivity index (χ3v) is 14.3. The predicted molar refractivity (Wildman–Crippen MR) is 203 cm³/mol. The van der Waals surface area contributed by atoms with Gasteiger partial charge >= 0.3 is 0 Å². The molecule has 2 saturated heterocycles. The van der Waals surface area contributed by atoms with Gasteiger partial charge in [-0.15, -0.1) is 0 Å². The van der Waals surface area contributed by atoms with E-state index in [1.807, 2.05) is 13.8 Å². The number of aliphatic hydroxyl groups is 6. The summed E-state index contributed by atoms with van der Waals surface area (Å²) in [5, 5.41) is 76.0. The minimum absolute atomic E-state index is 0.0298. The van der Waals surface area contributed by atoms with Crippen LogP contribution in [0.15, 0.2) is 17.1 Å². The summed E-state index contributed by atoms with van der Waals surface area (Å²) in [7, 11) is 2.99. The van der Waals surface area contributed by atoms with E-state index in [4.69, 9.17) is 25.7 Å². The molecule has 6 aliphatic rings. The number of ketones is 2. The quantitative estimate of drug-likeness (QED) is 0.0524. The molecule has 19 nitrogen and oxygen atoms in total. The topological polar surface area (TPSA) is 309 Å². The van der Waals surface area contributed by atoms with Crippen LogP contribution in [0.1, 0.15) is 52.4 Å². The molecule has 0 aromatic heterocycles. The molecule has 0 spiro atoms. The molecular weight excluding hydrogens is 760 g/mol. The van der Waals surface area contributed by atoms with Crippen molar-refractivity contribution in [3.8, 4) is 0 Å². The van der Waals surface area contributed by atoms with Crippen LogP contribution >= 0.6 is 0 Å². The van der Waals surface area contributed by atoms with E-state index >= 15 is 0 Å². The summed E-state index contributed by atoms with van der Waals surface area (Å²) in [6, 6.07) is 0. The van der Waals surface area contributed by atoms with Gasteiger partial charge in [0.15, 0.2) is 12.2 Å². The zero-order valence-corrected chi connectivity index (χ0v) is 33.6. The molecule has 18 atom stereocenters. The first-order valence-electron chi connectivity index (χ1n) is 20.5. The van der Waals surface area contributed by atoms with E-state index in [-0.39, 0.29) is 43.1 Å². The average molecular weight is 823 g/mol. The number of nitrogens with one attached hydrogen (secondary N) is 2. The van der Waals surface area contributed by atoms with Gasteiger partial charge in [-0.2, -0.15) is 0 Å². The molecule has 18 unspecified atom stereocenters. The number of aliphatic hydroxyl groups excluding tert-OH is 4. The fourth-order valence-corrected chi connectivity index (χ4v) is 11.1. The highest BCUT2D eigenvalue weighted by Gasteiger charge is 2.67. The Kier molecular flexibility index (Phi) is 13.5. The molecule has 3 heterocycles. The SMILES string of the molecule is CCC1C(OC)CC(OC2OC(O)(CO)C(O)(CC(CN3C(=O)C=CC3=O)C3CCNC(N)C3)C(O)C2O)C2C(=O)C3C(CC(C)C(CNC(N)=NC)C3O)C(=O)C12. The number of imide groups is 1. The Morgan fingerprint density at radius 2 is 1.72 bits per heavy atom. The van der Waals surface area contributed by atoms with Gasteiger partial charge in [-0.3, -0.25) is 29.1 Å². The molecule has 0 radical (unpaired) electrons. The standard InChI is InChI=1S/C39H62N6O13/c1-5-20-23(56-4)12-24(30-28(20)31(49)21-10-17(2)22(14-44-37(41)42-3)32(50)29(21)33(30)51)57-36-34(52)35(53)38(54,39(55,16-46)58-36)13-19(18-8-9-43-25(40)11-18)15-45-26(47)6-7-27(45)48/h6-7,17-25,28-30,32,34-36,43,46,50,52-55H,5,8-16,40H2,1-4H3,(H3,41,42,44). The van der Waals surface area contributed by atoms with Crippen molar-refractivity contribution in [3.63, 3.8) is 0 Å². The molecule has 5 fully saturated rings. The van der Waals surface area contributed by atoms with Crippen molar-refractivity contribution in [2.75, 3.05) is 40.4 Å². The number of carbonyl (C=O) groups excluding carboxylic acids is 4. The molecular formula is C39H62N6O13. The lowest BCUT2D eigenvalue weighted by atomic mass is 9.51. The number of hydrogen-bond donors (Lipinski definition) is 10. The molecule has 0 aromatic rings. The fraction of sp³-hybridized carbons (Fsp3) is 0.821. The first-order valence-corrected chi connectivity index (χ1v) is 20.5. The van der Waals surface area contributed by atoms with Crippen LogP contribution in [-0.4, -0.2) is 160 Å². The Balaban J connectivity index is 1.29. The Bertz CT molecular complexity index is 1600. The van der Waals surface area contributed by atoms with Crippen LogP contribution in [0.2, 0.25) is 0 Å².